The summed E-state index contributed by atoms with van der Waals surface area (Å²) in [6.07, 6.45) is 3.50. The van der Waals surface area contributed by atoms with Crippen LogP contribution in [0.15, 0.2) is 42.5 Å². The summed E-state index contributed by atoms with van der Waals surface area (Å²) < 4.78 is 11.2. The molecule has 1 saturated carbocycles. The van der Waals surface area contributed by atoms with E-state index in [1.165, 1.54) is 0 Å². The van der Waals surface area contributed by atoms with E-state index in [2.05, 4.69) is 4.90 Å². The third-order valence-electron chi connectivity index (χ3n) is 10.7. The molecule has 0 aromatic heterocycles. The SMILES string of the molecule is CCN1CCN(C[C@@H](O)[C@@H]2Cc3ccccc3CN2C(=O)OC(C)(C)C)C(=O)c2ccc(C(=O)N3CCC4(CC3)CC(OC)C4)cc21. The third kappa shape index (κ3) is 6.85. The van der Waals surface area contributed by atoms with Gasteiger partial charge >= 0.3 is 6.09 Å². The van der Waals surface area contributed by atoms with E-state index in [0.29, 0.717) is 55.2 Å². The maximum Gasteiger partial charge on any atom is 0.410 e. The number of rotatable bonds is 6. The molecule has 0 bridgehead atoms. The van der Waals surface area contributed by atoms with Gasteiger partial charge in [0.2, 0.25) is 0 Å². The highest BCUT2D eigenvalue weighted by Crippen LogP contribution is 2.50. The van der Waals surface area contributed by atoms with E-state index >= 15 is 0 Å². The minimum absolute atomic E-state index is 0.00473. The quantitative estimate of drug-likeness (QED) is 0.485. The topological polar surface area (TPSA) is 103 Å². The number of β-amino-alcohol motifs (C(OH)–C–C–N with tert-alkyl or cyclic N) is 1. The van der Waals surface area contributed by atoms with Crippen LogP contribution in [0, 0.1) is 5.41 Å². The van der Waals surface area contributed by atoms with Gasteiger partial charge in [0.15, 0.2) is 0 Å². The highest BCUT2D eigenvalue weighted by molar-refractivity contribution is 6.03. The summed E-state index contributed by atoms with van der Waals surface area (Å²) in [5.41, 5.74) is 3.60. The number of fused-ring (bicyclic) bond motifs is 2. The van der Waals surface area contributed by atoms with Crippen LogP contribution in [0.3, 0.4) is 0 Å². The number of aliphatic hydroxyl groups excluding tert-OH is 1. The lowest BCUT2D eigenvalue weighted by atomic mass is 9.61. The van der Waals surface area contributed by atoms with Gasteiger partial charge in [-0.2, -0.15) is 0 Å². The lowest BCUT2D eigenvalue weighted by Gasteiger charge is -2.51. The Bertz CT molecular complexity index is 1490. The van der Waals surface area contributed by atoms with Crippen LogP contribution in [0.1, 0.15) is 85.2 Å². The van der Waals surface area contributed by atoms with Crippen molar-refractivity contribution >= 4 is 23.6 Å². The molecule has 254 valence electrons. The number of benzene rings is 2. The molecule has 6 rings (SSSR count). The van der Waals surface area contributed by atoms with Crippen LogP contribution in [-0.4, -0.2) is 108 Å². The van der Waals surface area contributed by atoms with Gasteiger partial charge in [-0.05, 0) is 94.5 Å². The van der Waals surface area contributed by atoms with Crippen molar-refractivity contribution in [1.29, 1.82) is 0 Å². The van der Waals surface area contributed by atoms with Crippen LogP contribution < -0.4 is 4.90 Å². The Balaban J connectivity index is 1.18. The number of nitrogens with zero attached hydrogens (tertiary/aromatic N) is 4. The number of hydrogen-bond acceptors (Lipinski definition) is 7. The number of methoxy groups -OCH3 is 1. The van der Waals surface area contributed by atoms with E-state index in [4.69, 9.17) is 9.47 Å². The number of hydrogen-bond donors (Lipinski definition) is 1. The first-order valence-electron chi connectivity index (χ1n) is 17.1. The van der Waals surface area contributed by atoms with Crippen LogP contribution in [0.5, 0.6) is 0 Å². The average Bonchev–Trinajstić information content (AvgIpc) is 3.17. The molecule has 2 atom stereocenters. The first-order valence-corrected chi connectivity index (χ1v) is 17.1. The summed E-state index contributed by atoms with van der Waals surface area (Å²) in [4.78, 5) is 48.4. The lowest BCUT2D eigenvalue weighted by Crippen LogP contribution is -2.55. The molecule has 1 spiro atoms. The number of ether oxygens (including phenoxy) is 2. The van der Waals surface area contributed by atoms with Gasteiger partial charge in [0.1, 0.15) is 5.60 Å². The summed E-state index contributed by atoms with van der Waals surface area (Å²) >= 11 is 0. The molecule has 1 saturated heterocycles. The maximum absolute atomic E-state index is 14.0. The lowest BCUT2D eigenvalue weighted by molar-refractivity contribution is -0.0841. The van der Waals surface area contributed by atoms with E-state index in [0.717, 1.165) is 55.6 Å². The number of piperidine rings is 1. The Morgan fingerprint density at radius 2 is 1.68 bits per heavy atom. The molecule has 4 aliphatic rings. The summed E-state index contributed by atoms with van der Waals surface area (Å²) in [7, 11) is 1.77. The van der Waals surface area contributed by atoms with E-state index < -0.39 is 23.8 Å². The average molecular weight is 647 g/mol. The fourth-order valence-electron chi connectivity index (χ4n) is 7.85. The van der Waals surface area contributed by atoms with Crippen molar-refractivity contribution in [2.24, 2.45) is 5.41 Å². The predicted molar refractivity (Wildman–Crippen MR) is 180 cm³/mol. The van der Waals surface area contributed by atoms with Crippen LogP contribution in [0.2, 0.25) is 0 Å². The standard InChI is InChI=1S/C37H50N4O6/c1-6-38-17-18-40(24-32(42)31-19-25-9-7-8-10-27(25)23-41(31)35(45)47-36(2,3)4)34(44)29-12-11-26(20-30(29)38)33(43)39-15-13-37(14-16-39)21-28(22-37)46-5/h7-12,20,28,31-32,42H,6,13-19,21-24H2,1-5H3/t31-,32+/m0/s1. The number of aliphatic hydroxyl groups is 1. The molecule has 2 fully saturated rings. The van der Waals surface area contributed by atoms with Crippen molar-refractivity contribution in [3.63, 3.8) is 0 Å². The zero-order valence-corrected chi connectivity index (χ0v) is 28.5. The largest absolute Gasteiger partial charge is 0.444 e. The van der Waals surface area contributed by atoms with Crippen LogP contribution in [0.25, 0.3) is 0 Å². The molecule has 3 amide bonds. The molecule has 1 N–H and O–H groups in total. The van der Waals surface area contributed by atoms with Crippen LogP contribution in [0.4, 0.5) is 10.5 Å². The number of anilines is 1. The Labute approximate surface area is 278 Å². The van der Waals surface area contributed by atoms with Gasteiger partial charge in [-0.25, -0.2) is 4.79 Å². The van der Waals surface area contributed by atoms with E-state index in [-0.39, 0.29) is 18.4 Å². The Kier molecular flexibility index (Phi) is 9.28. The summed E-state index contributed by atoms with van der Waals surface area (Å²) in [6, 6.07) is 12.8. The molecule has 2 aromatic rings. The van der Waals surface area contributed by atoms with Gasteiger partial charge in [0, 0.05) is 58.5 Å². The summed E-state index contributed by atoms with van der Waals surface area (Å²) in [5.74, 6) is -0.184. The van der Waals surface area contributed by atoms with Gasteiger partial charge in [0.25, 0.3) is 11.8 Å². The number of amides is 3. The summed E-state index contributed by atoms with van der Waals surface area (Å²) in [6.45, 7) is 11.0. The summed E-state index contributed by atoms with van der Waals surface area (Å²) in [5, 5.41) is 11.7. The number of likely N-dealkylation sites (tertiary alicyclic amines) is 1. The molecule has 2 aromatic carbocycles. The van der Waals surface area contributed by atoms with Crippen molar-refractivity contribution in [2.45, 2.75) is 90.2 Å². The Morgan fingerprint density at radius 1 is 1.00 bits per heavy atom. The minimum Gasteiger partial charge on any atom is -0.444 e. The zero-order chi connectivity index (χ0) is 33.5. The fraction of sp³-hybridized carbons (Fsp3) is 0.595. The number of carbonyl (C=O) groups excluding carboxylic acids is 3. The van der Waals surface area contributed by atoms with Crippen molar-refractivity contribution in [3.8, 4) is 0 Å². The second-order valence-corrected chi connectivity index (χ2v) is 14.8. The predicted octanol–water partition coefficient (Wildman–Crippen LogP) is 4.72. The van der Waals surface area contributed by atoms with E-state index in [1.807, 2.05) is 62.9 Å². The molecule has 0 radical (unpaired) electrons. The van der Waals surface area contributed by atoms with Gasteiger partial charge in [0.05, 0.1) is 29.5 Å². The highest BCUT2D eigenvalue weighted by atomic mass is 16.6. The van der Waals surface area contributed by atoms with Gasteiger partial charge < -0.3 is 29.3 Å². The molecule has 3 aliphatic heterocycles. The molecule has 0 unspecified atom stereocenters. The minimum atomic E-state index is -0.991. The first kappa shape index (κ1) is 33.3. The van der Waals surface area contributed by atoms with Crippen molar-refractivity contribution < 1.29 is 29.0 Å². The van der Waals surface area contributed by atoms with Crippen molar-refractivity contribution in [3.05, 3.63) is 64.7 Å². The van der Waals surface area contributed by atoms with Gasteiger partial charge in [-0.15, -0.1) is 0 Å². The number of likely N-dealkylation sites (N-methyl/N-ethyl adjacent to an activating group) is 1. The maximum atomic E-state index is 14.0. The molecule has 10 nitrogen and oxygen atoms in total. The molecule has 10 heteroatoms. The zero-order valence-electron chi connectivity index (χ0n) is 28.5. The monoisotopic (exact) mass is 646 g/mol. The smallest absolute Gasteiger partial charge is 0.410 e. The molecule has 3 heterocycles. The van der Waals surface area contributed by atoms with Gasteiger partial charge in [-0.1, -0.05) is 24.3 Å². The van der Waals surface area contributed by atoms with Gasteiger partial charge in [-0.3, -0.25) is 14.5 Å². The first-order chi connectivity index (χ1) is 22.4. The Morgan fingerprint density at radius 3 is 2.34 bits per heavy atom. The van der Waals surface area contributed by atoms with Crippen LogP contribution in [-0.2, 0) is 22.4 Å². The molecule has 47 heavy (non-hydrogen) atoms. The van der Waals surface area contributed by atoms with E-state index in [9.17, 15) is 19.5 Å². The molecular formula is C37H50N4O6. The van der Waals surface area contributed by atoms with Crippen molar-refractivity contribution in [1.82, 2.24) is 14.7 Å². The number of carbonyl (C=O) groups is 3. The highest BCUT2D eigenvalue weighted by Gasteiger charge is 2.46. The normalized spacial score (nSPS) is 21.9. The Hall–Kier alpha value is -3.63. The second-order valence-electron chi connectivity index (χ2n) is 14.8. The fourth-order valence-corrected chi connectivity index (χ4v) is 7.85. The van der Waals surface area contributed by atoms with Crippen molar-refractivity contribution in [2.75, 3.05) is 51.3 Å². The van der Waals surface area contributed by atoms with E-state index in [1.54, 1.807) is 29.0 Å². The van der Waals surface area contributed by atoms with Crippen LogP contribution >= 0.6 is 0 Å². The molecular weight excluding hydrogens is 596 g/mol. The second kappa shape index (κ2) is 13.1. The third-order valence-corrected chi connectivity index (χ3v) is 10.7. The molecule has 1 aliphatic carbocycles.